The Hall–Kier alpha value is -0.420. The van der Waals surface area contributed by atoms with Gasteiger partial charge < -0.3 is 15.8 Å². The van der Waals surface area contributed by atoms with Gasteiger partial charge in [-0.3, -0.25) is 0 Å². The van der Waals surface area contributed by atoms with Crippen LogP contribution in [0.15, 0.2) is 17.5 Å². The summed E-state index contributed by atoms with van der Waals surface area (Å²) in [5, 5.41) is 5.69. The summed E-state index contributed by atoms with van der Waals surface area (Å²) >= 11 is 1.79. The minimum Gasteiger partial charge on any atom is -0.383 e. The van der Waals surface area contributed by atoms with E-state index in [1.807, 2.05) is 0 Å². The number of methoxy groups -OCH3 is 1. The van der Waals surface area contributed by atoms with Crippen molar-refractivity contribution in [1.29, 1.82) is 0 Å². The lowest BCUT2D eigenvalue weighted by Crippen LogP contribution is -2.35. The molecule has 1 aromatic heterocycles. The van der Waals surface area contributed by atoms with Crippen molar-refractivity contribution in [2.75, 3.05) is 20.3 Å². The first-order valence-electron chi connectivity index (χ1n) is 5.76. The second kappa shape index (κ2) is 7.79. The van der Waals surface area contributed by atoms with Gasteiger partial charge >= 0.3 is 0 Å². The number of nitrogens with two attached hydrogens (primary N) is 1. The lowest BCUT2D eigenvalue weighted by molar-refractivity contribution is 0.157. The van der Waals surface area contributed by atoms with Crippen LogP contribution in [-0.2, 0) is 4.74 Å². The van der Waals surface area contributed by atoms with Gasteiger partial charge in [-0.25, -0.2) is 0 Å². The van der Waals surface area contributed by atoms with Gasteiger partial charge in [-0.05, 0) is 37.8 Å². The standard InChI is InChI=1S/C12H22N2OS/c1-10(12-6-4-8-16-12)14-11(9-15-2)5-3-7-13/h4,6,8,10-11,14H,3,5,7,9,13H2,1-2H3/t10-,11?/m0/s1. The number of rotatable bonds is 8. The number of hydrogen-bond acceptors (Lipinski definition) is 4. The van der Waals surface area contributed by atoms with Gasteiger partial charge in [-0.1, -0.05) is 6.07 Å². The van der Waals surface area contributed by atoms with Crippen molar-refractivity contribution in [3.8, 4) is 0 Å². The quantitative estimate of drug-likeness (QED) is 0.734. The summed E-state index contributed by atoms with van der Waals surface area (Å²) in [6.07, 6.45) is 2.11. The molecule has 2 atom stereocenters. The highest BCUT2D eigenvalue weighted by atomic mass is 32.1. The number of ether oxygens (including phenoxy) is 1. The van der Waals surface area contributed by atoms with Crippen molar-refractivity contribution in [2.45, 2.75) is 31.8 Å². The normalized spacial score (nSPS) is 14.9. The summed E-state index contributed by atoms with van der Waals surface area (Å²) in [5.41, 5.74) is 5.53. The number of hydrogen-bond donors (Lipinski definition) is 2. The third-order valence-electron chi connectivity index (χ3n) is 2.58. The first-order chi connectivity index (χ1) is 7.77. The van der Waals surface area contributed by atoms with E-state index in [0.29, 0.717) is 12.1 Å². The second-order valence-corrected chi connectivity index (χ2v) is 4.97. The van der Waals surface area contributed by atoms with Crippen molar-refractivity contribution in [3.05, 3.63) is 22.4 Å². The Labute approximate surface area is 102 Å². The number of thiophene rings is 1. The van der Waals surface area contributed by atoms with Crippen LogP contribution in [-0.4, -0.2) is 26.3 Å². The van der Waals surface area contributed by atoms with E-state index in [-0.39, 0.29) is 0 Å². The van der Waals surface area contributed by atoms with E-state index in [1.54, 1.807) is 18.4 Å². The molecule has 0 aliphatic heterocycles. The van der Waals surface area contributed by atoms with E-state index < -0.39 is 0 Å². The summed E-state index contributed by atoms with van der Waals surface area (Å²) in [5.74, 6) is 0. The fraction of sp³-hybridized carbons (Fsp3) is 0.667. The first kappa shape index (κ1) is 13.6. The molecule has 0 saturated heterocycles. The molecule has 0 bridgehead atoms. The fourth-order valence-corrected chi connectivity index (χ4v) is 2.50. The number of nitrogens with one attached hydrogen (secondary N) is 1. The SMILES string of the molecule is COCC(CCCN)N[C@@H](C)c1cccs1. The highest BCUT2D eigenvalue weighted by Gasteiger charge is 2.13. The molecule has 16 heavy (non-hydrogen) atoms. The van der Waals surface area contributed by atoms with E-state index in [9.17, 15) is 0 Å². The van der Waals surface area contributed by atoms with Gasteiger partial charge in [0, 0.05) is 24.1 Å². The van der Waals surface area contributed by atoms with Crippen LogP contribution in [0.2, 0.25) is 0 Å². The molecule has 1 unspecified atom stereocenters. The van der Waals surface area contributed by atoms with Gasteiger partial charge in [0.05, 0.1) is 6.61 Å². The predicted molar refractivity (Wildman–Crippen MR) is 69.8 cm³/mol. The molecule has 0 saturated carbocycles. The van der Waals surface area contributed by atoms with Crippen LogP contribution in [0.5, 0.6) is 0 Å². The van der Waals surface area contributed by atoms with Crippen molar-refractivity contribution in [2.24, 2.45) is 5.73 Å². The Kier molecular flexibility index (Phi) is 6.64. The van der Waals surface area contributed by atoms with Crippen LogP contribution in [0.3, 0.4) is 0 Å². The molecular formula is C12H22N2OS. The summed E-state index contributed by atoms with van der Waals surface area (Å²) in [4.78, 5) is 1.37. The fourth-order valence-electron chi connectivity index (χ4n) is 1.75. The summed E-state index contributed by atoms with van der Waals surface area (Å²) in [6.45, 7) is 3.68. The molecular weight excluding hydrogens is 220 g/mol. The van der Waals surface area contributed by atoms with Crippen molar-refractivity contribution in [1.82, 2.24) is 5.32 Å². The van der Waals surface area contributed by atoms with Crippen LogP contribution in [0.25, 0.3) is 0 Å². The molecule has 92 valence electrons. The summed E-state index contributed by atoms with van der Waals surface area (Å²) in [6, 6.07) is 5.03. The summed E-state index contributed by atoms with van der Waals surface area (Å²) < 4.78 is 5.22. The summed E-state index contributed by atoms with van der Waals surface area (Å²) in [7, 11) is 1.74. The molecule has 0 aromatic carbocycles. The molecule has 4 heteroatoms. The van der Waals surface area contributed by atoms with E-state index >= 15 is 0 Å². The zero-order valence-electron chi connectivity index (χ0n) is 10.1. The first-order valence-corrected chi connectivity index (χ1v) is 6.64. The Morgan fingerprint density at radius 2 is 2.38 bits per heavy atom. The Morgan fingerprint density at radius 3 is 2.94 bits per heavy atom. The topological polar surface area (TPSA) is 47.3 Å². The average Bonchev–Trinajstić information content (AvgIpc) is 2.79. The minimum atomic E-state index is 0.387. The molecule has 3 N–H and O–H groups in total. The molecule has 0 aliphatic carbocycles. The van der Waals surface area contributed by atoms with E-state index in [1.165, 1.54) is 4.88 Å². The van der Waals surface area contributed by atoms with Gasteiger partial charge in [0.15, 0.2) is 0 Å². The Morgan fingerprint density at radius 1 is 1.56 bits per heavy atom. The lowest BCUT2D eigenvalue weighted by atomic mass is 10.1. The molecule has 1 heterocycles. The monoisotopic (exact) mass is 242 g/mol. The van der Waals surface area contributed by atoms with Crippen molar-refractivity contribution in [3.63, 3.8) is 0 Å². The van der Waals surface area contributed by atoms with Gasteiger partial charge in [0.25, 0.3) is 0 Å². The molecule has 3 nitrogen and oxygen atoms in total. The molecule has 0 aliphatic rings. The van der Waals surface area contributed by atoms with Crippen molar-refractivity contribution < 1.29 is 4.74 Å². The lowest BCUT2D eigenvalue weighted by Gasteiger charge is -2.22. The molecule has 0 radical (unpaired) electrons. The Balaban J connectivity index is 2.40. The van der Waals surface area contributed by atoms with Crippen LogP contribution in [0.1, 0.15) is 30.7 Å². The Bertz CT molecular complexity index is 264. The molecule has 1 aromatic rings. The van der Waals surface area contributed by atoms with Gasteiger partial charge in [-0.15, -0.1) is 11.3 Å². The zero-order chi connectivity index (χ0) is 11.8. The molecule has 0 spiro atoms. The maximum atomic E-state index is 5.53. The highest BCUT2D eigenvalue weighted by Crippen LogP contribution is 2.19. The maximum Gasteiger partial charge on any atom is 0.0616 e. The van der Waals surface area contributed by atoms with E-state index in [4.69, 9.17) is 10.5 Å². The molecule has 0 amide bonds. The minimum absolute atomic E-state index is 0.387. The van der Waals surface area contributed by atoms with Gasteiger partial charge in [-0.2, -0.15) is 0 Å². The molecule has 1 rings (SSSR count). The highest BCUT2D eigenvalue weighted by molar-refractivity contribution is 7.10. The zero-order valence-corrected chi connectivity index (χ0v) is 10.9. The average molecular weight is 242 g/mol. The maximum absolute atomic E-state index is 5.53. The predicted octanol–water partition coefficient (Wildman–Crippen LogP) is 2.15. The van der Waals surface area contributed by atoms with E-state index in [0.717, 1.165) is 26.0 Å². The third-order valence-corrected chi connectivity index (χ3v) is 3.64. The van der Waals surface area contributed by atoms with Crippen molar-refractivity contribution >= 4 is 11.3 Å². The third kappa shape index (κ3) is 4.61. The van der Waals surface area contributed by atoms with Gasteiger partial charge in [0.2, 0.25) is 0 Å². The van der Waals surface area contributed by atoms with Crippen LogP contribution in [0.4, 0.5) is 0 Å². The van der Waals surface area contributed by atoms with Crippen LogP contribution < -0.4 is 11.1 Å². The van der Waals surface area contributed by atoms with Crippen LogP contribution >= 0.6 is 11.3 Å². The largest absolute Gasteiger partial charge is 0.383 e. The van der Waals surface area contributed by atoms with Crippen LogP contribution in [0, 0.1) is 0 Å². The van der Waals surface area contributed by atoms with E-state index in [2.05, 4.69) is 29.8 Å². The molecule has 0 fully saturated rings. The second-order valence-electron chi connectivity index (χ2n) is 3.99. The smallest absolute Gasteiger partial charge is 0.0616 e. The van der Waals surface area contributed by atoms with Gasteiger partial charge in [0.1, 0.15) is 0 Å².